The lowest BCUT2D eigenvalue weighted by Crippen LogP contribution is -2.27. The highest BCUT2D eigenvalue weighted by molar-refractivity contribution is 6.32. The first-order valence-electron chi connectivity index (χ1n) is 5.85. The van der Waals surface area contributed by atoms with Crippen molar-refractivity contribution in [3.63, 3.8) is 0 Å². The lowest BCUT2D eigenvalue weighted by Gasteiger charge is -2.17. The normalized spacial score (nSPS) is 12.1. The van der Waals surface area contributed by atoms with Crippen LogP contribution in [0.1, 0.15) is 5.56 Å². The van der Waals surface area contributed by atoms with Crippen LogP contribution in [0.15, 0.2) is 41.3 Å². The van der Waals surface area contributed by atoms with Crippen LogP contribution in [0, 0.1) is 0 Å². The topological polar surface area (TPSA) is 78.0 Å². The standard InChI is InChI=1S/C13H14ClN3O2/c14-12-11(7-15-17-13(12)19)16-10(8-18)6-9-4-2-1-3-5-9/h1-5,7,10,18H,6,8H2,(H2,16,17,19). The molecule has 1 aromatic heterocycles. The fraction of sp³-hybridized carbons (Fsp3) is 0.231. The van der Waals surface area contributed by atoms with Gasteiger partial charge in [-0.2, -0.15) is 5.10 Å². The Labute approximate surface area is 115 Å². The number of hydrogen-bond donors (Lipinski definition) is 3. The molecule has 0 spiro atoms. The molecule has 5 nitrogen and oxygen atoms in total. The first-order valence-corrected chi connectivity index (χ1v) is 6.23. The molecule has 0 amide bonds. The van der Waals surface area contributed by atoms with Gasteiger partial charge in [0.25, 0.3) is 5.56 Å². The maximum atomic E-state index is 11.3. The number of nitrogens with one attached hydrogen (secondary N) is 2. The van der Waals surface area contributed by atoms with Crippen LogP contribution in [0.3, 0.4) is 0 Å². The predicted molar refractivity (Wildman–Crippen MR) is 74.5 cm³/mol. The number of aliphatic hydroxyl groups excluding tert-OH is 1. The fourth-order valence-electron chi connectivity index (χ4n) is 1.76. The molecule has 1 atom stereocenters. The predicted octanol–water partition coefficient (Wildman–Crippen LogP) is 1.44. The number of rotatable bonds is 5. The van der Waals surface area contributed by atoms with E-state index in [-0.39, 0.29) is 17.7 Å². The number of aliphatic hydroxyl groups is 1. The molecule has 19 heavy (non-hydrogen) atoms. The minimum atomic E-state index is -0.455. The summed E-state index contributed by atoms with van der Waals surface area (Å²) in [5, 5.41) is 18.4. The monoisotopic (exact) mass is 279 g/mol. The smallest absolute Gasteiger partial charge is 0.285 e. The molecule has 1 aromatic carbocycles. The van der Waals surface area contributed by atoms with E-state index in [0.29, 0.717) is 12.1 Å². The average molecular weight is 280 g/mol. The molecular formula is C13H14ClN3O2. The first kappa shape index (κ1) is 13.6. The summed E-state index contributed by atoms with van der Waals surface area (Å²) in [5.74, 6) is 0. The van der Waals surface area contributed by atoms with Gasteiger partial charge in [0.05, 0.1) is 24.5 Å². The van der Waals surface area contributed by atoms with Crippen molar-refractivity contribution in [1.29, 1.82) is 0 Å². The number of halogens is 1. The highest BCUT2D eigenvalue weighted by Crippen LogP contribution is 2.16. The molecule has 0 fully saturated rings. The Morgan fingerprint density at radius 2 is 2.11 bits per heavy atom. The summed E-state index contributed by atoms with van der Waals surface area (Å²) in [6.07, 6.45) is 2.05. The molecule has 0 saturated carbocycles. The summed E-state index contributed by atoms with van der Waals surface area (Å²) in [6.45, 7) is -0.0714. The average Bonchev–Trinajstić information content (AvgIpc) is 2.44. The van der Waals surface area contributed by atoms with E-state index in [4.69, 9.17) is 11.6 Å². The van der Waals surface area contributed by atoms with Gasteiger partial charge in [-0.15, -0.1) is 0 Å². The minimum Gasteiger partial charge on any atom is -0.394 e. The lowest BCUT2D eigenvalue weighted by molar-refractivity contribution is 0.273. The highest BCUT2D eigenvalue weighted by Gasteiger charge is 2.12. The highest BCUT2D eigenvalue weighted by atomic mass is 35.5. The Kier molecular flexibility index (Phi) is 4.54. The van der Waals surface area contributed by atoms with E-state index in [0.717, 1.165) is 5.56 Å². The van der Waals surface area contributed by atoms with Crippen molar-refractivity contribution in [3.8, 4) is 0 Å². The van der Waals surface area contributed by atoms with Gasteiger partial charge >= 0.3 is 0 Å². The number of aromatic amines is 1. The number of nitrogens with zero attached hydrogens (tertiary/aromatic N) is 1. The zero-order valence-corrected chi connectivity index (χ0v) is 10.9. The van der Waals surface area contributed by atoms with Crippen LogP contribution < -0.4 is 10.9 Å². The van der Waals surface area contributed by atoms with Crippen molar-refractivity contribution < 1.29 is 5.11 Å². The van der Waals surface area contributed by atoms with Gasteiger partial charge in [0, 0.05) is 0 Å². The molecular weight excluding hydrogens is 266 g/mol. The van der Waals surface area contributed by atoms with Crippen LogP contribution >= 0.6 is 11.6 Å². The zero-order valence-electron chi connectivity index (χ0n) is 10.1. The minimum absolute atomic E-state index is 0.0431. The third-order valence-corrected chi connectivity index (χ3v) is 3.08. The van der Waals surface area contributed by atoms with Gasteiger partial charge in [-0.3, -0.25) is 4.79 Å². The second-order valence-electron chi connectivity index (χ2n) is 4.14. The Morgan fingerprint density at radius 3 is 2.79 bits per heavy atom. The van der Waals surface area contributed by atoms with Gasteiger partial charge in [0.1, 0.15) is 5.02 Å². The Bertz CT molecular complexity index is 586. The first-order chi connectivity index (χ1) is 9.20. The van der Waals surface area contributed by atoms with Crippen LogP contribution in [-0.4, -0.2) is 28.0 Å². The molecule has 0 aliphatic rings. The maximum absolute atomic E-state index is 11.3. The molecule has 1 heterocycles. The maximum Gasteiger partial charge on any atom is 0.285 e. The van der Waals surface area contributed by atoms with Crippen LogP contribution in [0.25, 0.3) is 0 Å². The van der Waals surface area contributed by atoms with E-state index in [2.05, 4.69) is 15.5 Å². The molecule has 0 aliphatic carbocycles. The molecule has 1 unspecified atom stereocenters. The van der Waals surface area contributed by atoms with Crippen LogP contribution in [-0.2, 0) is 6.42 Å². The lowest BCUT2D eigenvalue weighted by atomic mass is 10.1. The van der Waals surface area contributed by atoms with E-state index >= 15 is 0 Å². The second-order valence-corrected chi connectivity index (χ2v) is 4.52. The van der Waals surface area contributed by atoms with Crippen LogP contribution in [0.2, 0.25) is 5.02 Å². The van der Waals surface area contributed by atoms with Crippen LogP contribution in [0.4, 0.5) is 5.69 Å². The van der Waals surface area contributed by atoms with Crippen molar-refractivity contribution in [2.45, 2.75) is 12.5 Å². The molecule has 0 bridgehead atoms. The molecule has 2 aromatic rings. The largest absolute Gasteiger partial charge is 0.394 e. The van der Waals surface area contributed by atoms with E-state index < -0.39 is 5.56 Å². The zero-order chi connectivity index (χ0) is 13.7. The molecule has 0 radical (unpaired) electrons. The third-order valence-electron chi connectivity index (χ3n) is 2.70. The van der Waals surface area contributed by atoms with Crippen molar-refractivity contribution in [3.05, 3.63) is 57.5 Å². The summed E-state index contributed by atoms with van der Waals surface area (Å²) in [4.78, 5) is 11.3. The summed E-state index contributed by atoms with van der Waals surface area (Å²) in [5.41, 5.74) is 1.05. The van der Waals surface area contributed by atoms with E-state index in [1.807, 2.05) is 30.3 Å². The van der Waals surface area contributed by atoms with Gasteiger partial charge < -0.3 is 10.4 Å². The number of hydrogen-bond acceptors (Lipinski definition) is 4. The summed E-state index contributed by atoms with van der Waals surface area (Å²) >= 11 is 5.87. The van der Waals surface area contributed by atoms with Crippen molar-refractivity contribution in [1.82, 2.24) is 10.2 Å². The van der Waals surface area contributed by atoms with Crippen molar-refractivity contribution in [2.24, 2.45) is 0 Å². The van der Waals surface area contributed by atoms with Crippen LogP contribution in [0.5, 0.6) is 0 Å². The SMILES string of the molecule is O=c1[nH]ncc(NC(CO)Cc2ccccc2)c1Cl. The fourth-order valence-corrected chi connectivity index (χ4v) is 1.91. The number of H-pyrrole nitrogens is 1. The molecule has 0 aliphatic heterocycles. The molecule has 100 valence electrons. The molecule has 3 N–H and O–H groups in total. The summed E-state index contributed by atoms with van der Waals surface area (Å²) in [7, 11) is 0. The van der Waals surface area contributed by atoms with Gasteiger partial charge in [-0.05, 0) is 12.0 Å². The van der Waals surface area contributed by atoms with E-state index in [1.54, 1.807) is 0 Å². The van der Waals surface area contributed by atoms with Gasteiger partial charge in [0.15, 0.2) is 0 Å². The molecule has 0 saturated heterocycles. The van der Waals surface area contributed by atoms with Gasteiger partial charge in [-0.1, -0.05) is 41.9 Å². The number of aromatic nitrogens is 2. The Morgan fingerprint density at radius 1 is 1.37 bits per heavy atom. The Balaban J connectivity index is 2.11. The van der Waals surface area contributed by atoms with Gasteiger partial charge in [-0.25, -0.2) is 5.10 Å². The quantitative estimate of drug-likeness (QED) is 0.774. The van der Waals surface area contributed by atoms with Crippen molar-refractivity contribution >= 4 is 17.3 Å². The molecule has 2 rings (SSSR count). The third kappa shape index (κ3) is 3.56. The molecule has 6 heteroatoms. The van der Waals surface area contributed by atoms with Gasteiger partial charge in [0.2, 0.25) is 0 Å². The number of anilines is 1. The second kappa shape index (κ2) is 6.36. The Hall–Kier alpha value is -1.85. The number of benzene rings is 1. The van der Waals surface area contributed by atoms with E-state index in [9.17, 15) is 9.90 Å². The van der Waals surface area contributed by atoms with E-state index in [1.165, 1.54) is 6.20 Å². The summed E-state index contributed by atoms with van der Waals surface area (Å²) < 4.78 is 0. The van der Waals surface area contributed by atoms with Crippen molar-refractivity contribution in [2.75, 3.05) is 11.9 Å². The summed E-state index contributed by atoms with van der Waals surface area (Å²) in [6, 6.07) is 9.52.